The number of nitrogens with one attached hydrogen (secondary N) is 1. The third-order valence-electron chi connectivity index (χ3n) is 4.40. The molecule has 3 heterocycles. The van der Waals surface area contributed by atoms with E-state index in [-0.39, 0.29) is 18.3 Å². The van der Waals surface area contributed by atoms with Crippen molar-refractivity contribution in [3.8, 4) is 0 Å². The standard InChI is InChI=1S/C13H20N4O.ClH/c1-16-9-11(8-15-16)12(18)17-6-3-13(4-7-17)2-5-14-10-13;/h8-9,14H,2-7,10H2,1H3;1H. The van der Waals surface area contributed by atoms with Crippen LogP contribution < -0.4 is 5.32 Å². The monoisotopic (exact) mass is 284 g/mol. The van der Waals surface area contributed by atoms with Gasteiger partial charge in [0.2, 0.25) is 0 Å². The van der Waals surface area contributed by atoms with E-state index < -0.39 is 0 Å². The molecule has 5 nitrogen and oxygen atoms in total. The number of nitrogens with zero attached hydrogens (tertiary/aromatic N) is 3. The van der Waals surface area contributed by atoms with Gasteiger partial charge in [0, 0.05) is 32.9 Å². The summed E-state index contributed by atoms with van der Waals surface area (Å²) in [5, 5.41) is 7.51. The van der Waals surface area contributed by atoms with Gasteiger partial charge >= 0.3 is 0 Å². The van der Waals surface area contributed by atoms with E-state index in [1.807, 2.05) is 11.9 Å². The number of carbonyl (C=O) groups is 1. The van der Waals surface area contributed by atoms with Crippen molar-refractivity contribution in [3.63, 3.8) is 0 Å². The summed E-state index contributed by atoms with van der Waals surface area (Å²) >= 11 is 0. The van der Waals surface area contributed by atoms with Crippen LogP contribution in [0.15, 0.2) is 12.4 Å². The highest BCUT2D eigenvalue weighted by Crippen LogP contribution is 2.37. The van der Waals surface area contributed by atoms with E-state index in [4.69, 9.17) is 0 Å². The summed E-state index contributed by atoms with van der Waals surface area (Å²) in [6, 6.07) is 0. The van der Waals surface area contributed by atoms with E-state index in [0.717, 1.165) is 39.0 Å². The number of carbonyl (C=O) groups excluding carboxylic acids is 1. The first-order valence-corrected chi connectivity index (χ1v) is 6.67. The van der Waals surface area contributed by atoms with Gasteiger partial charge < -0.3 is 10.2 Å². The highest BCUT2D eigenvalue weighted by atomic mass is 35.5. The molecule has 2 aliphatic rings. The molecular formula is C13H21ClN4O. The molecule has 106 valence electrons. The van der Waals surface area contributed by atoms with Crippen molar-refractivity contribution in [1.29, 1.82) is 0 Å². The van der Waals surface area contributed by atoms with Gasteiger partial charge in [-0.2, -0.15) is 5.10 Å². The van der Waals surface area contributed by atoms with Crippen LogP contribution in [0.25, 0.3) is 0 Å². The van der Waals surface area contributed by atoms with Gasteiger partial charge in [0.05, 0.1) is 11.8 Å². The summed E-state index contributed by atoms with van der Waals surface area (Å²) in [4.78, 5) is 14.2. The summed E-state index contributed by atoms with van der Waals surface area (Å²) in [6.07, 6.45) is 6.98. The number of hydrogen-bond acceptors (Lipinski definition) is 3. The largest absolute Gasteiger partial charge is 0.339 e. The van der Waals surface area contributed by atoms with Crippen LogP contribution >= 0.6 is 12.4 Å². The molecule has 2 aliphatic heterocycles. The van der Waals surface area contributed by atoms with E-state index in [1.54, 1.807) is 17.1 Å². The Morgan fingerprint density at radius 3 is 2.63 bits per heavy atom. The van der Waals surface area contributed by atoms with Crippen molar-refractivity contribution in [3.05, 3.63) is 18.0 Å². The molecule has 1 N–H and O–H groups in total. The van der Waals surface area contributed by atoms with Crippen molar-refractivity contribution < 1.29 is 4.79 Å². The van der Waals surface area contributed by atoms with Crippen LogP contribution in [0.2, 0.25) is 0 Å². The fraction of sp³-hybridized carbons (Fsp3) is 0.692. The minimum Gasteiger partial charge on any atom is -0.339 e. The van der Waals surface area contributed by atoms with Gasteiger partial charge in [0.1, 0.15) is 0 Å². The number of aromatic nitrogens is 2. The highest BCUT2D eigenvalue weighted by Gasteiger charge is 2.38. The predicted octanol–water partition coefficient (Wildman–Crippen LogP) is 1.06. The fourth-order valence-corrected chi connectivity index (χ4v) is 3.12. The van der Waals surface area contributed by atoms with Crippen molar-refractivity contribution in [2.45, 2.75) is 19.3 Å². The Morgan fingerprint density at radius 1 is 1.37 bits per heavy atom. The summed E-state index contributed by atoms with van der Waals surface area (Å²) in [6.45, 7) is 4.03. The Bertz CT molecular complexity index is 443. The Morgan fingerprint density at radius 2 is 2.11 bits per heavy atom. The molecular weight excluding hydrogens is 264 g/mol. The van der Waals surface area contributed by atoms with Crippen LogP contribution in [-0.2, 0) is 7.05 Å². The second kappa shape index (κ2) is 5.51. The van der Waals surface area contributed by atoms with Crippen molar-refractivity contribution in [2.75, 3.05) is 26.2 Å². The number of aryl methyl sites for hydroxylation is 1. The lowest BCUT2D eigenvalue weighted by atomic mass is 9.78. The van der Waals surface area contributed by atoms with Crippen molar-refractivity contribution >= 4 is 18.3 Å². The van der Waals surface area contributed by atoms with Gasteiger partial charge in [-0.3, -0.25) is 9.48 Å². The van der Waals surface area contributed by atoms with E-state index >= 15 is 0 Å². The van der Waals surface area contributed by atoms with Gasteiger partial charge in [-0.15, -0.1) is 12.4 Å². The van der Waals surface area contributed by atoms with Crippen LogP contribution in [0.5, 0.6) is 0 Å². The maximum atomic E-state index is 12.3. The Balaban J connectivity index is 0.00000133. The van der Waals surface area contributed by atoms with Gasteiger partial charge in [-0.25, -0.2) is 0 Å². The van der Waals surface area contributed by atoms with E-state index in [0.29, 0.717) is 11.0 Å². The zero-order valence-electron chi connectivity index (χ0n) is 11.3. The molecule has 0 saturated carbocycles. The minimum absolute atomic E-state index is 0. The lowest BCUT2D eigenvalue weighted by Crippen LogP contribution is -2.43. The first-order valence-electron chi connectivity index (χ1n) is 6.67. The van der Waals surface area contributed by atoms with Crippen LogP contribution in [0.3, 0.4) is 0 Å². The zero-order chi connectivity index (χ0) is 12.6. The molecule has 1 spiro atoms. The minimum atomic E-state index is 0. The lowest BCUT2D eigenvalue weighted by molar-refractivity contribution is 0.0607. The van der Waals surface area contributed by atoms with Crippen molar-refractivity contribution in [2.24, 2.45) is 12.5 Å². The van der Waals surface area contributed by atoms with Crippen LogP contribution in [0, 0.1) is 5.41 Å². The van der Waals surface area contributed by atoms with E-state index in [9.17, 15) is 4.79 Å². The summed E-state index contributed by atoms with van der Waals surface area (Å²) in [5.74, 6) is 0.129. The first-order chi connectivity index (χ1) is 8.69. The maximum absolute atomic E-state index is 12.3. The number of halogens is 1. The summed E-state index contributed by atoms with van der Waals surface area (Å²) in [7, 11) is 1.84. The molecule has 0 aliphatic carbocycles. The molecule has 19 heavy (non-hydrogen) atoms. The normalized spacial score (nSPS) is 21.4. The molecule has 0 bridgehead atoms. The summed E-state index contributed by atoms with van der Waals surface area (Å²) < 4.78 is 1.68. The van der Waals surface area contributed by atoms with Gasteiger partial charge in [-0.05, 0) is 31.2 Å². The molecule has 3 rings (SSSR count). The SMILES string of the molecule is Cl.Cn1cc(C(=O)N2CCC3(CCNC3)CC2)cn1. The zero-order valence-corrected chi connectivity index (χ0v) is 12.1. The smallest absolute Gasteiger partial charge is 0.257 e. The van der Waals surface area contributed by atoms with Crippen LogP contribution in [0.4, 0.5) is 0 Å². The topological polar surface area (TPSA) is 50.2 Å². The molecule has 0 radical (unpaired) electrons. The third kappa shape index (κ3) is 2.77. The second-order valence-electron chi connectivity index (χ2n) is 5.62. The molecule has 1 aromatic heterocycles. The molecule has 1 aromatic rings. The molecule has 6 heteroatoms. The summed E-state index contributed by atoms with van der Waals surface area (Å²) in [5.41, 5.74) is 1.17. The number of rotatable bonds is 1. The molecule has 1 amide bonds. The number of likely N-dealkylation sites (tertiary alicyclic amines) is 1. The van der Waals surface area contributed by atoms with Crippen LogP contribution in [0.1, 0.15) is 29.6 Å². The third-order valence-corrected chi connectivity index (χ3v) is 4.40. The first kappa shape index (κ1) is 14.3. The van der Waals surface area contributed by atoms with E-state index in [2.05, 4.69) is 10.4 Å². The molecule has 0 unspecified atom stereocenters. The van der Waals surface area contributed by atoms with Crippen molar-refractivity contribution in [1.82, 2.24) is 20.0 Å². The molecule has 0 atom stereocenters. The lowest BCUT2D eigenvalue weighted by Gasteiger charge is -2.38. The van der Waals surface area contributed by atoms with Crippen LogP contribution in [-0.4, -0.2) is 46.8 Å². The second-order valence-corrected chi connectivity index (χ2v) is 5.62. The van der Waals surface area contributed by atoms with Gasteiger partial charge in [0.15, 0.2) is 0 Å². The van der Waals surface area contributed by atoms with Gasteiger partial charge in [0.25, 0.3) is 5.91 Å². The Hall–Kier alpha value is -1.07. The average molecular weight is 285 g/mol. The predicted molar refractivity (Wildman–Crippen MR) is 75.5 cm³/mol. The molecule has 2 fully saturated rings. The van der Waals surface area contributed by atoms with E-state index in [1.165, 1.54) is 6.42 Å². The number of amides is 1. The number of piperidine rings is 1. The number of hydrogen-bond donors (Lipinski definition) is 1. The molecule has 0 aromatic carbocycles. The highest BCUT2D eigenvalue weighted by molar-refractivity contribution is 5.93. The quantitative estimate of drug-likeness (QED) is 0.839. The fourth-order valence-electron chi connectivity index (χ4n) is 3.12. The Kier molecular flexibility index (Phi) is 4.16. The Labute approximate surface area is 119 Å². The van der Waals surface area contributed by atoms with Gasteiger partial charge in [-0.1, -0.05) is 0 Å². The molecule has 2 saturated heterocycles. The average Bonchev–Trinajstić information content (AvgIpc) is 3.00. The maximum Gasteiger partial charge on any atom is 0.257 e.